The van der Waals surface area contributed by atoms with Gasteiger partial charge in [0.05, 0.1) is 6.54 Å². The first kappa shape index (κ1) is 13.7. The van der Waals surface area contributed by atoms with Gasteiger partial charge in [0.15, 0.2) is 0 Å². The molecule has 2 amide bonds. The molecule has 5 heteroatoms. The maximum absolute atomic E-state index is 12.2. The molecule has 0 aromatic carbocycles. The van der Waals surface area contributed by atoms with Crippen molar-refractivity contribution in [3.8, 4) is 12.3 Å². The summed E-state index contributed by atoms with van der Waals surface area (Å²) in [6, 6.07) is -0.986. The van der Waals surface area contributed by atoms with Gasteiger partial charge in [0.2, 0.25) is 0 Å². The Morgan fingerprint density at radius 3 is 2.68 bits per heavy atom. The van der Waals surface area contributed by atoms with Crippen LogP contribution < -0.4 is 5.32 Å². The molecule has 2 rings (SSSR count). The number of urea groups is 1. The Kier molecular flexibility index (Phi) is 4.31. The molecule has 0 aromatic rings. The van der Waals surface area contributed by atoms with E-state index in [0.29, 0.717) is 12.3 Å². The average molecular weight is 264 g/mol. The van der Waals surface area contributed by atoms with Crippen LogP contribution in [0.5, 0.6) is 0 Å². The Balaban J connectivity index is 2.16. The highest BCUT2D eigenvalue weighted by atomic mass is 16.4. The van der Waals surface area contributed by atoms with E-state index in [2.05, 4.69) is 11.2 Å². The zero-order valence-corrected chi connectivity index (χ0v) is 11.0. The number of likely N-dealkylation sites (tertiary alicyclic amines) is 1. The number of carbonyl (C=O) groups is 2. The van der Waals surface area contributed by atoms with Crippen molar-refractivity contribution in [1.29, 1.82) is 0 Å². The van der Waals surface area contributed by atoms with Crippen LogP contribution in [0.4, 0.5) is 4.79 Å². The third-order valence-corrected chi connectivity index (χ3v) is 4.23. The lowest BCUT2D eigenvalue weighted by molar-refractivity contribution is -0.145. The molecule has 1 heterocycles. The number of piperidine rings is 1. The summed E-state index contributed by atoms with van der Waals surface area (Å²) in [4.78, 5) is 25.1. The van der Waals surface area contributed by atoms with Gasteiger partial charge in [-0.25, -0.2) is 9.59 Å². The normalized spacial score (nSPS) is 30.1. The van der Waals surface area contributed by atoms with Gasteiger partial charge < -0.3 is 15.3 Å². The molecule has 1 aliphatic heterocycles. The summed E-state index contributed by atoms with van der Waals surface area (Å²) in [5, 5.41) is 11.9. The zero-order chi connectivity index (χ0) is 13.8. The third kappa shape index (κ3) is 2.83. The molecular weight excluding hydrogens is 244 g/mol. The summed E-state index contributed by atoms with van der Waals surface area (Å²) in [6.45, 7) is 0.138. The van der Waals surface area contributed by atoms with Crippen molar-refractivity contribution in [3.05, 3.63) is 0 Å². The van der Waals surface area contributed by atoms with E-state index < -0.39 is 12.0 Å². The predicted molar refractivity (Wildman–Crippen MR) is 70.5 cm³/mol. The highest BCUT2D eigenvalue weighted by molar-refractivity contribution is 5.83. The van der Waals surface area contributed by atoms with Crippen LogP contribution in [0, 0.1) is 18.3 Å². The Labute approximate surface area is 113 Å². The molecule has 1 saturated carbocycles. The van der Waals surface area contributed by atoms with Gasteiger partial charge in [-0.15, -0.1) is 6.42 Å². The molecule has 19 heavy (non-hydrogen) atoms. The van der Waals surface area contributed by atoms with E-state index in [-0.39, 0.29) is 18.6 Å². The zero-order valence-electron chi connectivity index (χ0n) is 11.0. The average Bonchev–Trinajstić information content (AvgIpc) is 2.43. The van der Waals surface area contributed by atoms with Gasteiger partial charge in [0.25, 0.3) is 0 Å². The number of carbonyl (C=O) groups excluding carboxylic acids is 1. The molecule has 3 atom stereocenters. The summed E-state index contributed by atoms with van der Waals surface area (Å²) in [6.07, 6.45) is 10.8. The molecule has 1 aliphatic carbocycles. The monoisotopic (exact) mass is 264 g/mol. The van der Waals surface area contributed by atoms with Gasteiger partial charge in [-0.1, -0.05) is 18.8 Å². The number of aliphatic carboxylic acids is 1. The molecule has 0 aromatic heterocycles. The second kappa shape index (κ2) is 5.96. The van der Waals surface area contributed by atoms with Crippen molar-refractivity contribution in [2.75, 3.05) is 6.54 Å². The first-order valence-electron chi connectivity index (χ1n) is 6.87. The van der Waals surface area contributed by atoms with Crippen LogP contribution >= 0.6 is 0 Å². The van der Waals surface area contributed by atoms with Crippen LogP contribution in [0.15, 0.2) is 0 Å². The van der Waals surface area contributed by atoms with Gasteiger partial charge >= 0.3 is 12.0 Å². The molecule has 0 bridgehead atoms. The topological polar surface area (TPSA) is 69.6 Å². The second-order valence-corrected chi connectivity index (χ2v) is 5.31. The molecule has 5 nitrogen and oxygen atoms in total. The standard InChI is InChI=1S/C14H20N2O3/c1-2-9-15-14(19)16-11-6-4-3-5-10(11)7-8-12(16)13(17)18/h1,10-12H,3-9H2,(H,15,19)(H,17,18). The summed E-state index contributed by atoms with van der Waals surface area (Å²) in [7, 11) is 0. The molecule has 0 radical (unpaired) electrons. The van der Waals surface area contributed by atoms with Crippen molar-refractivity contribution in [2.24, 2.45) is 5.92 Å². The Hall–Kier alpha value is -1.70. The second-order valence-electron chi connectivity index (χ2n) is 5.31. The smallest absolute Gasteiger partial charge is 0.326 e. The van der Waals surface area contributed by atoms with Crippen LogP contribution in [-0.2, 0) is 4.79 Å². The number of rotatable bonds is 2. The van der Waals surface area contributed by atoms with Crippen LogP contribution in [0.2, 0.25) is 0 Å². The van der Waals surface area contributed by atoms with Gasteiger partial charge in [0, 0.05) is 6.04 Å². The fraction of sp³-hybridized carbons (Fsp3) is 0.714. The van der Waals surface area contributed by atoms with E-state index in [9.17, 15) is 14.7 Å². The number of amides is 2. The van der Waals surface area contributed by atoms with Gasteiger partial charge in [-0.2, -0.15) is 0 Å². The number of nitrogens with one attached hydrogen (secondary N) is 1. The maximum Gasteiger partial charge on any atom is 0.326 e. The van der Waals surface area contributed by atoms with E-state index >= 15 is 0 Å². The number of hydrogen-bond donors (Lipinski definition) is 2. The number of terminal acetylenes is 1. The van der Waals surface area contributed by atoms with E-state index in [1.54, 1.807) is 0 Å². The van der Waals surface area contributed by atoms with Crippen LogP contribution in [0.25, 0.3) is 0 Å². The molecule has 2 fully saturated rings. The molecule has 0 spiro atoms. The Morgan fingerprint density at radius 1 is 1.26 bits per heavy atom. The van der Waals surface area contributed by atoms with Crippen molar-refractivity contribution in [3.63, 3.8) is 0 Å². The van der Waals surface area contributed by atoms with Crippen LogP contribution in [-0.4, -0.2) is 40.6 Å². The van der Waals surface area contributed by atoms with Gasteiger partial charge in [-0.05, 0) is 31.6 Å². The van der Waals surface area contributed by atoms with Crippen molar-refractivity contribution in [1.82, 2.24) is 10.2 Å². The van der Waals surface area contributed by atoms with Crippen LogP contribution in [0.1, 0.15) is 38.5 Å². The summed E-state index contributed by atoms with van der Waals surface area (Å²) < 4.78 is 0. The number of carboxylic acids is 1. The highest BCUT2D eigenvalue weighted by Gasteiger charge is 2.43. The minimum atomic E-state index is -0.917. The maximum atomic E-state index is 12.2. The molecule has 2 aliphatic rings. The number of hydrogen-bond acceptors (Lipinski definition) is 2. The lowest BCUT2D eigenvalue weighted by atomic mass is 9.76. The Bertz CT molecular complexity index is 402. The minimum Gasteiger partial charge on any atom is -0.480 e. The molecule has 2 N–H and O–H groups in total. The summed E-state index contributed by atoms with van der Waals surface area (Å²) in [5.41, 5.74) is 0. The number of nitrogens with zero attached hydrogens (tertiary/aromatic N) is 1. The SMILES string of the molecule is C#CCNC(=O)N1C(C(=O)O)CCC2CCCCC21. The van der Waals surface area contributed by atoms with Crippen LogP contribution in [0.3, 0.4) is 0 Å². The lowest BCUT2D eigenvalue weighted by Gasteiger charge is -2.46. The fourth-order valence-corrected chi connectivity index (χ4v) is 3.39. The quantitative estimate of drug-likeness (QED) is 0.741. The van der Waals surface area contributed by atoms with E-state index in [1.807, 2.05) is 0 Å². The summed E-state index contributed by atoms with van der Waals surface area (Å²) in [5.74, 6) is 1.88. The van der Waals surface area contributed by atoms with Crippen molar-refractivity contribution in [2.45, 2.75) is 50.6 Å². The molecule has 104 valence electrons. The first-order valence-corrected chi connectivity index (χ1v) is 6.87. The van der Waals surface area contributed by atoms with E-state index in [0.717, 1.165) is 25.7 Å². The lowest BCUT2D eigenvalue weighted by Crippen LogP contribution is -2.60. The van der Waals surface area contributed by atoms with Gasteiger partial charge in [-0.3, -0.25) is 0 Å². The minimum absolute atomic E-state index is 0.0568. The molecular formula is C14H20N2O3. The third-order valence-electron chi connectivity index (χ3n) is 4.23. The Morgan fingerprint density at radius 2 is 2.00 bits per heavy atom. The predicted octanol–water partition coefficient (Wildman–Crippen LogP) is 1.44. The highest BCUT2D eigenvalue weighted by Crippen LogP contribution is 2.37. The van der Waals surface area contributed by atoms with E-state index in [4.69, 9.17) is 6.42 Å². The van der Waals surface area contributed by atoms with E-state index in [1.165, 1.54) is 11.3 Å². The number of fused-ring (bicyclic) bond motifs is 1. The van der Waals surface area contributed by atoms with Crippen molar-refractivity contribution >= 4 is 12.0 Å². The van der Waals surface area contributed by atoms with Crippen molar-refractivity contribution < 1.29 is 14.7 Å². The fourth-order valence-electron chi connectivity index (χ4n) is 3.39. The summed E-state index contributed by atoms with van der Waals surface area (Å²) >= 11 is 0. The molecule has 1 saturated heterocycles. The largest absolute Gasteiger partial charge is 0.480 e. The molecule has 3 unspecified atom stereocenters. The van der Waals surface area contributed by atoms with Gasteiger partial charge in [0.1, 0.15) is 6.04 Å². The number of carboxylic acid groups (broad SMARTS) is 1. The first-order chi connectivity index (χ1) is 9.15.